The molecule has 0 spiro atoms. The molecule has 126 heavy (non-hydrogen) atoms. The molecule has 0 radical (unpaired) electrons. The Morgan fingerprint density at radius 2 is 0.421 bits per heavy atom. The Balaban J connectivity index is 0.000000137. The van der Waals surface area contributed by atoms with Crippen LogP contribution in [0.15, 0.2) is 473 Å². The van der Waals surface area contributed by atoms with E-state index in [2.05, 4.69) is 491 Å². The van der Waals surface area contributed by atoms with Gasteiger partial charge in [-0.1, -0.05) is 346 Å². The zero-order chi connectivity index (χ0) is 82.9. The van der Waals surface area contributed by atoms with Gasteiger partial charge in [-0.15, -0.1) is 0 Å². The summed E-state index contributed by atoms with van der Waals surface area (Å²) in [6.07, 6.45) is 0. The van der Waals surface area contributed by atoms with E-state index in [1.807, 2.05) is 0 Å². The first-order chi connectivity index (χ1) is 62.5. The van der Waals surface area contributed by atoms with E-state index in [0.717, 1.165) is 22.7 Å². The van der Waals surface area contributed by atoms with E-state index in [9.17, 15) is 0 Å². The van der Waals surface area contributed by atoms with Crippen LogP contribution in [0.2, 0.25) is 0 Å². The monoisotopic (exact) mass is 1600 g/mol. The molecule has 0 amide bonds. The van der Waals surface area contributed by atoms with Gasteiger partial charge in [-0.05, 0) is 250 Å². The number of nitrogens with zero attached hydrogens (tertiary/aromatic N) is 4. The highest BCUT2D eigenvalue weighted by molar-refractivity contribution is 6.20. The topological polar surface area (TPSA) is 19.7 Å². The lowest BCUT2D eigenvalue weighted by molar-refractivity contribution is 1.01. The Morgan fingerprint density at radius 1 is 0.127 bits per heavy atom. The fourth-order valence-corrected chi connectivity index (χ4v) is 21.0. The van der Waals surface area contributed by atoms with Gasteiger partial charge in [0.1, 0.15) is 0 Å². The molecule has 2 atom stereocenters. The van der Waals surface area contributed by atoms with Crippen LogP contribution in [0.5, 0.6) is 0 Å². The van der Waals surface area contributed by atoms with Crippen LogP contribution in [0.3, 0.4) is 0 Å². The molecule has 2 unspecified atom stereocenters. The van der Waals surface area contributed by atoms with Crippen LogP contribution < -0.4 is 0 Å². The first kappa shape index (κ1) is 72.4. The van der Waals surface area contributed by atoms with Crippen molar-refractivity contribution in [3.63, 3.8) is 0 Å². The van der Waals surface area contributed by atoms with Crippen molar-refractivity contribution in [1.29, 1.82) is 0 Å². The van der Waals surface area contributed by atoms with Gasteiger partial charge in [-0.2, -0.15) is 0 Å². The Kier molecular flexibility index (Phi) is 17.1. The maximum absolute atomic E-state index is 2.49. The summed E-state index contributed by atoms with van der Waals surface area (Å²) in [5, 5.41) is 9.94. The first-order valence-electron chi connectivity index (χ1n) is 43.7. The zero-order valence-corrected chi connectivity index (χ0v) is 69.0. The Bertz CT molecular complexity index is 8410. The fourth-order valence-electron chi connectivity index (χ4n) is 21.0. The van der Waals surface area contributed by atoms with Crippen LogP contribution in [0, 0.1) is 0 Å². The highest BCUT2D eigenvalue weighted by Crippen LogP contribution is 2.54. The van der Waals surface area contributed by atoms with Crippen molar-refractivity contribution >= 4 is 87.2 Å². The summed E-state index contributed by atoms with van der Waals surface area (Å²) in [5.41, 5.74) is 42.2. The molecule has 588 valence electrons. The SMILES string of the molecule is c1ccc(-c2ccc(-n3c4ccc(-c5ccc6c(c5)-c5ccccc5C6c5cccc(-c6ccccc6)c5)cc4c4cc5c(cc43)C(c3ccccc3)c3ccccc3-5)cc2)cc1.c1ccc(-c2ccc(-n3c4ccc(-c5ccc6c(c5)c5ccccc5n6-c5cccc(-c6ccccc6)c5)cc4c4cc5c(cc43)c3ccccc3n5-c3ccccc3)cc2)cc1. The number of aromatic nitrogens is 4. The van der Waals surface area contributed by atoms with Gasteiger partial charge in [0.05, 0.1) is 44.1 Å². The third-order valence-electron chi connectivity index (χ3n) is 26.8. The second-order valence-corrected chi connectivity index (χ2v) is 33.7. The quantitative estimate of drug-likeness (QED) is 0.116. The standard InChI is InChI=1S/C62H41N.C60H39N3/c1-4-15-40(16-5-1)42-27-31-48(32-28-42)63-59-34-30-46(37-56(59)57-38-55-50-24-11-12-25-51(50)61(58(55)39-60(57)63)43-19-8-3-9-20-43)45-29-33-53-54(36-45)49-23-10-13-26-52(49)62(53)47-22-14-21-44(35-47)41-17-6-2-7-18-41;1-4-15-40(16-5-1)42-27-31-47(32-28-42)62-58-34-30-45(37-52(58)54-39-59-53(38-60(54)62)50-24-11-12-25-55(50)61(59)46-20-8-3-9-21-46)44-29-33-57-51(36-44)49-23-10-13-26-56(49)63(57)48-22-14-19-43(35-48)41-17-6-2-7-18-41/h1-39,61-62H;1-39H. The first-order valence-corrected chi connectivity index (χ1v) is 43.7. The summed E-state index contributed by atoms with van der Waals surface area (Å²) in [5.74, 6) is 0.343. The van der Waals surface area contributed by atoms with Crippen molar-refractivity contribution in [3.8, 4) is 112 Å². The molecule has 4 aromatic heterocycles. The van der Waals surface area contributed by atoms with Crippen molar-refractivity contribution < 1.29 is 0 Å². The molecule has 2 aliphatic rings. The summed E-state index contributed by atoms with van der Waals surface area (Å²) in [7, 11) is 0. The van der Waals surface area contributed by atoms with Gasteiger partial charge in [0.25, 0.3) is 0 Å². The van der Waals surface area contributed by atoms with E-state index >= 15 is 0 Å². The second kappa shape index (κ2) is 29.7. The predicted molar refractivity (Wildman–Crippen MR) is 529 cm³/mol. The van der Waals surface area contributed by atoms with Crippen molar-refractivity contribution in [2.75, 3.05) is 0 Å². The molecule has 4 heteroatoms. The average Bonchev–Trinajstić information content (AvgIpc) is 1.56. The van der Waals surface area contributed by atoms with Crippen LogP contribution in [0.1, 0.15) is 45.2 Å². The summed E-state index contributed by atoms with van der Waals surface area (Å²) in [6.45, 7) is 0. The number of benzene rings is 20. The smallest absolute Gasteiger partial charge is 0.0548 e. The second-order valence-electron chi connectivity index (χ2n) is 33.7. The maximum atomic E-state index is 2.49. The van der Waals surface area contributed by atoms with E-state index in [1.165, 1.54) is 210 Å². The largest absolute Gasteiger partial charge is 0.309 e. The van der Waals surface area contributed by atoms with Crippen molar-refractivity contribution in [2.24, 2.45) is 0 Å². The molecule has 4 heterocycles. The minimum atomic E-state index is 0.170. The number of hydrogen-bond donors (Lipinski definition) is 0. The van der Waals surface area contributed by atoms with Gasteiger partial charge in [0, 0.05) is 77.7 Å². The molecule has 2 aliphatic carbocycles. The number of para-hydroxylation sites is 3. The van der Waals surface area contributed by atoms with Crippen molar-refractivity contribution in [2.45, 2.75) is 11.8 Å². The van der Waals surface area contributed by atoms with Crippen LogP contribution in [0.4, 0.5) is 0 Å². The van der Waals surface area contributed by atoms with Crippen LogP contribution in [-0.2, 0) is 0 Å². The van der Waals surface area contributed by atoms with Gasteiger partial charge in [-0.25, -0.2) is 0 Å². The lowest BCUT2D eigenvalue weighted by Gasteiger charge is -2.16. The van der Waals surface area contributed by atoms with Gasteiger partial charge in [-0.3, -0.25) is 0 Å². The van der Waals surface area contributed by atoms with Gasteiger partial charge in [0.15, 0.2) is 0 Å². The Morgan fingerprint density at radius 3 is 0.937 bits per heavy atom. The van der Waals surface area contributed by atoms with E-state index in [0.29, 0.717) is 0 Å². The molecule has 0 aliphatic heterocycles. The molecule has 0 saturated carbocycles. The Hall–Kier alpha value is -16.4. The molecule has 20 aromatic carbocycles. The average molecular weight is 1600 g/mol. The Labute approximate surface area is 730 Å². The maximum Gasteiger partial charge on any atom is 0.0548 e. The van der Waals surface area contributed by atoms with Crippen molar-refractivity contribution in [3.05, 3.63) is 507 Å². The van der Waals surface area contributed by atoms with Gasteiger partial charge >= 0.3 is 0 Å². The minimum absolute atomic E-state index is 0.170. The molecular formula is C122H80N4. The van der Waals surface area contributed by atoms with Crippen LogP contribution in [0.25, 0.3) is 199 Å². The molecule has 0 fully saturated rings. The van der Waals surface area contributed by atoms with E-state index in [1.54, 1.807) is 0 Å². The molecular weight excluding hydrogens is 1520 g/mol. The van der Waals surface area contributed by atoms with Gasteiger partial charge in [0.2, 0.25) is 0 Å². The minimum Gasteiger partial charge on any atom is -0.309 e. The van der Waals surface area contributed by atoms with E-state index in [-0.39, 0.29) is 11.8 Å². The van der Waals surface area contributed by atoms with E-state index < -0.39 is 0 Å². The highest BCUT2D eigenvalue weighted by Gasteiger charge is 2.34. The highest BCUT2D eigenvalue weighted by atomic mass is 15.0. The number of hydrogen-bond acceptors (Lipinski definition) is 0. The lowest BCUT2D eigenvalue weighted by Crippen LogP contribution is -2.00. The fraction of sp³-hybridized carbons (Fsp3) is 0.0164. The number of rotatable bonds is 12. The van der Waals surface area contributed by atoms with Crippen molar-refractivity contribution in [1.82, 2.24) is 18.3 Å². The summed E-state index contributed by atoms with van der Waals surface area (Å²) in [6, 6.07) is 174. The zero-order valence-electron chi connectivity index (χ0n) is 69.0. The predicted octanol–water partition coefficient (Wildman–Crippen LogP) is 32.1. The molecule has 4 nitrogen and oxygen atoms in total. The summed E-state index contributed by atoms with van der Waals surface area (Å²) in [4.78, 5) is 0. The third kappa shape index (κ3) is 12.0. The molecule has 24 aromatic rings. The van der Waals surface area contributed by atoms with E-state index in [4.69, 9.17) is 0 Å². The van der Waals surface area contributed by atoms with Crippen LogP contribution in [-0.4, -0.2) is 18.3 Å². The third-order valence-corrected chi connectivity index (χ3v) is 26.8. The molecule has 0 saturated heterocycles. The number of fused-ring (bicyclic) bond motifs is 18. The summed E-state index contributed by atoms with van der Waals surface area (Å²) < 4.78 is 9.78. The van der Waals surface area contributed by atoms with Crippen LogP contribution >= 0.6 is 0 Å². The molecule has 0 N–H and O–H groups in total. The molecule has 0 bridgehead atoms. The molecule has 26 rings (SSSR count). The van der Waals surface area contributed by atoms with Gasteiger partial charge < -0.3 is 18.3 Å². The summed E-state index contributed by atoms with van der Waals surface area (Å²) >= 11 is 0. The normalized spacial score (nSPS) is 13.2. The lowest BCUT2D eigenvalue weighted by atomic mass is 9.87.